The molecule has 7 heteroatoms. The van der Waals surface area contributed by atoms with E-state index in [9.17, 15) is 9.59 Å². The maximum absolute atomic E-state index is 12.6. The van der Waals surface area contributed by atoms with Gasteiger partial charge in [0.05, 0.1) is 0 Å². The second kappa shape index (κ2) is 8.07. The topological polar surface area (TPSA) is 74.3 Å². The minimum atomic E-state index is -0.350. The standard InChI is InChI=1S/C17H26N4O2S/c1-2-15(22)21-10-4-3-5-13(21)16(23)20-17-19-11-14(24-17)12-6-8-18-9-7-12/h11-13,18H,2-10H2,1H3,(H,19,20,23). The van der Waals surface area contributed by atoms with Crippen LogP contribution in [0.4, 0.5) is 5.13 Å². The molecule has 0 saturated carbocycles. The van der Waals surface area contributed by atoms with Gasteiger partial charge >= 0.3 is 0 Å². The highest BCUT2D eigenvalue weighted by Gasteiger charge is 2.31. The molecule has 3 heterocycles. The van der Waals surface area contributed by atoms with Gasteiger partial charge in [0.15, 0.2) is 5.13 Å². The quantitative estimate of drug-likeness (QED) is 0.874. The van der Waals surface area contributed by atoms with Crippen LogP contribution < -0.4 is 10.6 Å². The normalized spacial score (nSPS) is 22.4. The number of piperidine rings is 2. The number of carbonyl (C=O) groups is 2. The number of hydrogen-bond acceptors (Lipinski definition) is 5. The lowest BCUT2D eigenvalue weighted by Crippen LogP contribution is -2.49. The smallest absolute Gasteiger partial charge is 0.248 e. The Kier molecular flexibility index (Phi) is 5.84. The maximum atomic E-state index is 12.6. The third-order valence-electron chi connectivity index (χ3n) is 4.92. The molecule has 0 bridgehead atoms. The Bertz CT molecular complexity index is 583. The summed E-state index contributed by atoms with van der Waals surface area (Å²) in [6.07, 6.45) is 7.29. The number of rotatable bonds is 4. The van der Waals surface area contributed by atoms with Crippen molar-refractivity contribution in [1.82, 2.24) is 15.2 Å². The first-order valence-corrected chi connectivity index (χ1v) is 9.77. The van der Waals surface area contributed by atoms with Gasteiger partial charge in [-0.05, 0) is 51.1 Å². The maximum Gasteiger partial charge on any atom is 0.248 e. The van der Waals surface area contributed by atoms with Crippen LogP contribution in [-0.4, -0.2) is 47.4 Å². The number of nitrogens with one attached hydrogen (secondary N) is 2. The summed E-state index contributed by atoms with van der Waals surface area (Å²) in [7, 11) is 0. The van der Waals surface area contributed by atoms with Crippen molar-refractivity contribution in [3.63, 3.8) is 0 Å². The number of nitrogens with zero attached hydrogens (tertiary/aromatic N) is 2. The zero-order valence-corrected chi connectivity index (χ0v) is 15.0. The zero-order valence-electron chi connectivity index (χ0n) is 14.2. The molecule has 1 unspecified atom stereocenters. The predicted molar refractivity (Wildman–Crippen MR) is 95.2 cm³/mol. The fraction of sp³-hybridized carbons (Fsp3) is 0.706. The molecule has 3 rings (SSSR count). The summed E-state index contributed by atoms with van der Waals surface area (Å²) in [6, 6.07) is -0.350. The van der Waals surface area contributed by atoms with Gasteiger partial charge in [-0.3, -0.25) is 9.59 Å². The summed E-state index contributed by atoms with van der Waals surface area (Å²) >= 11 is 1.57. The van der Waals surface area contributed by atoms with E-state index in [2.05, 4.69) is 15.6 Å². The number of aromatic nitrogens is 1. The minimum Gasteiger partial charge on any atom is -0.331 e. The van der Waals surface area contributed by atoms with Gasteiger partial charge in [0.1, 0.15) is 6.04 Å². The fourth-order valence-electron chi connectivity index (χ4n) is 3.53. The van der Waals surface area contributed by atoms with Crippen molar-refractivity contribution in [3.8, 4) is 0 Å². The van der Waals surface area contributed by atoms with E-state index in [1.54, 1.807) is 16.2 Å². The highest BCUT2D eigenvalue weighted by Crippen LogP contribution is 2.32. The lowest BCUT2D eigenvalue weighted by atomic mass is 9.97. The summed E-state index contributed by atoms with van der Waals surface area (Å²) in [5.41, 5.74) is 0. The summed E-state index contributed by atoms with van der Waals surface area (Å²) in [5.74, 6) is 0.509. The molecule has 1 atom stereocenters. The van der Waals surface area contributed by atoms with E-state index in [0.29, 0.717) is 24.0 Å². The van der Waals surface area contributed by atoms with Crippen molar-refractivity contribution in [2.75, 3.05) is 25.0 Å². The zero-order chi connectivity index (χ0) is 16.9. The number of carbonyl (C=O) groups excluding carboxylic acids is 2. The van der Waals surface area contributed by atoms with Gasteiger partial charge in [0.2, 0.25) is 11.8 Å². The van der Waals surface area contributed by atoms with Crippen LogP contribution in [0, 0.1) is 0 Å². The minimum absolute atomic E-state index is 0.0596. The largest absolute Gasteiger partial charge is 0.331 e. The predicted octanol–water partition coefficient (Wildman–Crippen LogP) is 2.34. The first-order chi connectivity index (χ1) is 11.7. The van der Waals surface area contributed by atoms with E-state index >= 15 is 0 Å². The molecular formula is C17H26N4O2S. The average molecular weight is 350 g/mol. The lowest BCUT2D eigenvalue weighted by Gasteiger charge is -2.34. The van der Waals surface area contributed by atoms with Gasteiger partial charge in [0, 0.05) is 24.0 Å². The molecule has 2 fully saturated rings. The van der Waals surface area contributed by atoms with E-state index in [0.717, 1.165) is 45.2 Å². The fourth-order valence-corrected chi connectivity index (χ4v) is 4.52. The Morgan fingerprint density at radius 1 is 1.33 bits per heavy atom. The van der Waals surface area contributed by atoms with E-state index in [1.807, 2.05) is 13.1 Å². The number of anilines is 1. The molecule has 1 aromatic heterocycles. The summed E-state index contributed by atoms with van der Waals surface area (Å²) < 4.78 is 0. The number of amides is 2. The van der Waals surface area contributed by atoms with Crippen LogP contribution >= 0.6 is 11.3 Å². The van der Waals surface area contributed by atoms with Gasteiger partial charge in [-0.15, -0.1) is 11.3 Å². The molecule has 0 aliphatic carbocycles. The Morgan fingerprint density at radius 2 is 2.12 bits per heavy atom. The molecule has 0 aromatic carbocycles. The van der Waals surface area contributed by atoms with Crippen molar-refractivity contribution in [1.29, 1.82) is 0 Å². The van der Waals surface area contributed by atoms with Crippen LogP contribution in [0.1, 0.15) is 56.2 Å². The Hall–Kier alpha value is -1.47. The van der Waals surface area contributed by atoms with Crippen LogP contribution in [0.2, 0.25) is 0 Å². The molecule has 2 saturated heterocycles. The van der Waals surface area contributed by atoms with E-state index in [-0.39, 0.29) is 17.9 Å². The first kappa shape index (κ1) is 17.4. The summed E-state index contributed by atoms with van der Waals surface area (Å²) in [5, 5.41) is 6.96. The highest BCUT2D eigenvalue weighted by molar-refractivity contribution is 7.15. The first-order valence-electron chi connectivity index (χ1n) is 8.95. The van der Waals surface area contributed by atoms with E-state index < -0.39 is 0 Å². The molecule has 6 nitrogen and oxygen atoms in total. The molecule has 0 spiro atoms. The van der Waals surface area contributed by atoms with Crippen LogP contribution in [0.15, 0.2) is 6.20 Å². The third kappa shape index (κ3) is 3.95. The lowest BCUT2D eigenvalue weighted by molar-refractivity contribution is -0.140. The van der Waals surface area contributed by atoms with Crippen LogP contribution in [0.5, 0.6) is 0 Å². The van der Waals surface area contributed by atoms with E-state index in [4.69, 9.17) is 0 Å². The van der Waals surface area contributed by atoms with Crippen molar-refractivity contribution in [2.24, 2.45) is 0 Å². The number of hydrogen-bond donors (Lipinski definition) is 2. The molecule has 0 radical (unpaired) electrons. The average Bonchev–Trinajstić information content (AvgIpc) is 3.10. The molecule has 2 aliphatic heterocycles. The van der Waals surface area contributed by atoms with Gasteiger partial charge in [-0.2, -0.15) is 0 Å². The van der Waals surface area contributed by atoms with Crippen molar-refractivity contribution < 1.29 is 9.59 Å². The Balaban J connectivity index is 1.63. The van der Waals surface area contributed by atoms with Crippen LogP contribution in [0.3, 0.4) is 0 Å². The van der Waals surface area contributed by atoms with Crippen LogP contribution in [0.25, 0.3) is 0 Å². The van der Waals surface area contributed by atoms with Crippen LogP contribution in [-0.2, 0) is 9.59 Å². The Morgan fingerprint density at radius 3 is 2.88 bits per heavy atom. The second-order valence-electron chi connectivity index (χ2n) is 6.53. The second-order valence-corrected chi connectivity index (χ2v) is 7.60. The third-order valence-corrected chi connectivity index (χ3v) is 6.00. The summed E-state index contributed by atoms with van der Waals surface area (Å²) in [6.45, 7) is 4.61. The SMILES string of the molecule is CCC(=O)N1CCCCC1C(=O)Nc1ncc(C2CCNCC2)s1. The Labute approximate surface area is 147 Å². The van der Waals surface area contributed by atoms with Crippen molar-refractivity contribution in [3.05, 3.63) is 11.1 Å². The molecule has 2 aliphatic rings. The van der Waals surface area contributed by atoms with Gasteiger partial charge in [-0.1, -0.05) is 6.92 Å². The van der Waals surface area contributed by atoms with E-state index in [1.165, 1.54) is 4.88 Å². The van der Waals surface area contributed by atoms with Crippen molar-refractivity contribution in [2.45, 2.75) is 57.4 Å². The molecule has 2 amide bonds. The van der Waals surface area contributed by atoms with Gasteiger partial charge in [-0.25, -0.2) is 4.98 Å². The molecular weight excluding hydrogens is 324 g/mol. The van der Waals surface area contributed by atoms with Crippen molar-refractivity contribution >= 4 is 28.3 Å². The number of likely N-dealkylation sites (tertiary alicyclic amines) is 1. The molecule has 24 heavy (non-hydrogen) atoms. The van der Waals surface area contributed by atoms with Gasteiger partial charge < -0.3 is 15.5 Å². The highest BCUT2D eigenvalue weighted by atomic mass is 32.1. The molecule has 2 N–H and O–H groups in total. The molecule has 132 valence electrons. The molecule has 1 aromatic rings. The van der Waals surface area contributed by atoms with Gasteiger partial charge in [0.25, 0.3) is 0 Å². The monoisotopic (exact) mass is 350 g/mol. The number of thiazole rings is 1. The summed E-state index contributed by atoms with van der Waals surface area (Å²) in [4.78, 5) is 32.1.